The first-order valence-corrected chi connectivity index (χ1v) is 48.5. The molecule has 0 spiro atoms. The number of carbonyl (C=O) groups is 12. The summed E-state index contributed by atoms with van der Waals surface area (Å²) in [6.45, 7) is 27.1. The van der Waals surface area contributed by atoms with Crippen LogP contribution in [0.3, 0.4) is 0 Å². The Morgan fingerprint density at radius 3 is 1.41 bits per heavy atom. The number of hydrogen-bond acceptors (Lipinski definition) is 31. The van der Waals surface area contributed by atoms with Crippen molar-refractivity contribution in [3.63, 3.8) is 0 Å². The highest BCUT2D eigenvalue weighted by atomic mass is 32.1. The van der Waals surface area contributed by atoms with Gasteiger partial charge in [0.1, 0.15) is 28.7 Å². The van der Waals surface area contributed by atoms with Crippen molar-refractivity contribution in [2.75, 3.05) is 114 Å². The molecule has 1 unspecified atom stereocenters. The molecule has 9 aromatic rings. The number of benzene rings is 6. The van der Waals surface area contributed by atoms with Gasteiger partial charge >= 0.3 is 60.9 Å². The molecule has 0 saturated carbocycles. The summed E-state index contributed by atoms with van der Waals surface area (Å²) in [6.07, 6.45) is 0.513. The maximum absolute atomic E-state index is 13.2. The predicted octanol–water partition coefficient (Wildman–Crippen LogP) is 17.3. The van der Waals surface area contributed by atoms with Crippen molar-refractivity contribution in [2.45, 2.75) is 146 Å². The fourth-order valence-corrected chi connectivity index (χ4v) is 13.3. The first-order valence-electron chi connectivity index (χ1n) is 45.6. The molecule has 51 heteroatoms. The number of alkyl carbamates (subject to hydrolysis) is 7. The molecule has 9 rings (SSSR count). The van der Waals surface area contributed by atoms with Gasteiger partial charge in [-0.3, -0.25) is 46.5 Å². The molecule has 3 aromatic heterocycles. The fourth-order valence-electron chi connectivity index (χ4n) is 11.3. The van der Waals surface area contributed by atoms with Crippen LogP contribution in [-0.4, -0.2) is 229 Å². The lowest BCUT2D eigenvalue weighted by Crippen LogP contribution is -2.50. The van der Waals surface area contributed by atoms with E-state index in [2.05, 4.69) is 129 Å². The third-order valence-corrected chi connectivity index (χ3v) is 20.6. The van der Waals surface area contributed by atoms with Crippen molar-refractivity contribution >= 4 is 238 Å². The number of halogens is 1. The van der Waals surface area contributed by atoms with Gasteiger partial charge in [0.05, 0.1) is 134 Å². The SMILES string of the molecule is CC(C)[C@H](NC(=O)O)C(=O)N[C@H](C)c1nc2ccc(F)cc2s1.CCCCNC(=O)n1c(NC(=O)OC)nc2ccccc21.CCCOC(=O)NCCCN(C)C.CCOC(=O)NC(=S)Nc1ccccc1NC(=S)NC(=O)OCC.COC(=O)NC(=S)Nc1ccccc1N=Cc1ccco1.COC(=O)NC(=S)Nc1ccccc1NC(=S)NC(=O)OC.Cc1ccc([C@H](C)NC(=O)C(NC(=O)OC(C)C)C(C)C)cc1. The number of fused-ring (bicyclic) bond motifs is 2. The van der Waals surface area contributed by atoms with Crippen LogP contribution in [0, 0.1) is 24.6 Å². The van der Waals surface area contributed by atoms with Crippen molar-refractivity contribution < 1.29 is 109 Å². The van der Waals surface area contributed by atoms with Gasteiger partial charge in [-0.15, -0.1) is 11.3 Å². The van der Waals surface area contributed by atoms with Crippen LogP contribution in [0.15, 0.2) is 167 Å². The number of para-hydroxylation sites is 8. The lowest BCUT2D eigenvalue weighted by molar-refractivity contribution is -0.125. The molecule has 12 amide bonds. The van der Waals surface area contributed by atoms with Crippen LogP contribution >= 0.6 is 72.4 Å². The minimum absolute atomic E-state index is 0.0417. The average Bonchev–Trinajstić information content (AvgIpc) is 1.64. The molecular weight excluding hydrogens is 2020 g/mol. The van der Waals surface area contributed by atoms with Gasteiger partial charge in [0, 0.05) is 13.1 Å². The van der Waals surface area contributed by atoms with Crippen molar-refractivity contribution in [3.8, 4) is 0 Å². The summed E-state index contributed by atoms with van der Waals surface area (Å²) in [6, 6.07) is 41.9. The number of imidazole rings is 1. The number of thiazole rings is 1. The number of amides is 12. The van der Waals surface area contributed by atoms with Gasteiger partial charge in [-0.25, -0.2) is 66.9 Å². The molecule has 4 atom stereocenters. The lowest BCUT2D eigenvalue weighted by Gasteiger charge is -2.24. The standard InChI is InChI=1S/C18H28N2O3.C15H18FN3O3S.C14H18N4O4S2.C14H18N4O3.C14H13N3O3S.C12H14N4O4S2.C9H20N2O2/c1-11(2)16(20-18(22)23-12(3)4)17(21)19-14(6)15-9-7-13(5)8-10-15;1-7(2)12(19-15(21)22)13(20)17-8(3)14-18-10-5-4-9(16)6-11(10)23-14;1-3-21-13(19)17-11(23)15-9-7-5-6-8-10(9)16-12(24)18-14(20)22-4-2;1-3-4-9-15-13(19)18-11-8-6-5-7-10(11)16-12(18)17-14(20)21-2;1-19-14(18)17-13(21)16-12-7-3-2-6-11(12)15-9-10-5-4-8-20-10;1-19-11(17)15-9(21)13-7-5-3-4-6-8(7)14-10(22)16-12(18)20-2;1-4-8-13-9(12)10-6-5-7-11(2)3/h7-12,14,16H,1-6H3,(H,19,21)(H,20,22);4-8,12,19H,1-3H3,(H,17,20)(H,21,22);5-8H,3-4H2,1-2H3,(H2,15,17,19,23)(H2,16,18,20,24);5-8H,3-4,9H2,1-2H3,(H,15,19)(H,16,17,20);2-9H,1H3,(H2,16,17,18,21);3-6H,1-2H3,(H2,13,15,17,21)(H2,14,16,18,22);4-8H2,1-3H3,(H,10,12)/t14-,16?;8-,12+;;;;;/m01...../s1. The summed E-state index contributed by atoms with van der Waals surface area (Å²) >= 11 is 26.3. The maximum atomic E-state index is 13.2. The molecular formula is C96H129FN22O22S6. The van der Waals surface area contributed by atoms with Crippen molar-refractivity contribution in [3.05, 3.63) is 186 Å². The Bertz CT molecular complexity index is 5720. The van der Waals surface area contributed by atoms with Crippen LogP contribution < -0.4 is 90.4 Å². The van der Waals surface area contributed by atoms with E-state index >= 15 is 0 Å². The maximum Gasteiger partial charge on any atom is 0.413 e. The number of carboxylic acid groups (broad SMARTS) is 1. The lowest BCUT2D eigenvalue weighted by atomic mass is 10.0. The molecule has 6 aromatic carbocycles. The highest BCUT2D eigenvalue weighted by Crippen LogP contribution is 2.29. The Kier molecular flexibility index (Phi) is 59.7. The fraction of sp³-hybridized carbons (Fsp3) is 0.375. The second-order valence-corrected chi connectivity index (χ2v) is 34.5. The van der Waals surface area contributed by atoms with E-state index in [0.29, 0.717) is 85.8 Å². The number of rotatable bonds is 30. The number of carbonyl (C=O) groups excluding carboxylic acids is 11. The normalized spacial score (nSPS) is 11.0. The van der Waals surface area contributed by atoms with E-state index in [1.165, 1.54) is 62.0 Å². The Hall–Kier alpha value is -15.2. The molecule has 798 valence electrons. The van der Waals surface area contributed by atoms with Crippen molar-refractivity contribution in [1.82, 2.24) is 77.9 Å². The summed E-state index contributed by atoms with van der Waals surface area (Å²) in [5.41, 5.74) is 7.59. The van der Waals surface area contributed by atoms with Crippen LogP contribution in [0.2, 0.25) is 0 Å². The van der Waals surface area contributed by atoms with Crippen LogP contribution in [0.25, 0.3) is 21.3 Å². The molecule has 44 nitrogen and oxygen atoms in total. The summed E-state index contributed by atoms with van der Waals surface area (Å²) in [7, 11) is 8.99. The van der Waals surface area contributed by atoms with Gasteiger partial charge < -0.3 is 111 Å². The zero-order valence-corrected chi connectivity index (χ0v) is 89.7. The quantitative estimate of drug-likeness (QED) is 0.00860. The molecule has 0 bridgehead atoms. The number of aryl methyl sites for hydroxylation is 1. The highest BCUT2D eigenvalue weighted by Gasteiger charge is 2.29. The van der Waals surface area contributed by atoms with E-state index in [9.17, 15) is 61.9 Å². The summed E-state index contributed by atoms with van der Waals surface area (Å²) in [5, 5.41) is 54.2. The van der Waals surface area contributed by atoms with Crippen molar-refractivity contribution in [2.24, 2.45) is 16.8 Å². The second-order valence-electron chi connectivity index (χ2n) is 31.4. The van der Waals surface area contributed by atoms with Gasteiger partial charge in [0.2, 0.25) is 17.8 Å². The molecule has 0 radical (unpaired) electrons. The Morgan fingerprint density at radius 2 is 0.952 bits per heavy atom. The Balaban J connectivity index is 0.000000443. The largest absolute Gasteiger partial charge is 0.465 e. The van der Waals surface area contributed by atoms with Crippen LogP contribution in [-0.2, 0) is 47.5 Å². The van der Waals surface area contributed by atoms with Crippen LogP contribution in [0.4, 0.5) is 92.4 Å². The molecule has 3 heterocycles. The molecule has 147 heavy (non-hydrogen) atoms. The number of thiocarbonyl (C=S) groups is 5. The highest BCUT2D eigenvalue weighted by molar-refractivity contribution is 7.81. The van der Waals surface area contributed by atoms with E-state index in [4.69, 9.17) is 89.6 Å². The third-order valence-electron chi connectivity index (χ3n) is 18.3. The zero-order valence-electron chi connectivity index (χ0n) is 84.8. The number of aliphatic imine (C=N–C) groups is 1. The van der Waals surface area contributed by atoms with E-state index in [1.807, 2.05) is 110 Å². The number of furan rings is 1. The number of nitrogens with one attached hydrogen (secondary N) is 17. The average molecular weight is 2150 g/mol. The van der Waals surface area contributed by atoms with Crippen LogP contribution in [0.1, 0.15) is 143 Å². The Labute approximate surface area is 882 Å². The molecule has 0 saturated heterocycles. The van der Waals surface area contributed by atoms with E-state index in [1.54, 1.807) is 146 Å². The van der Waals surface area contributed by atoms with Crippen molar-refractivity contribution in [1.29, 1.82) is 0 Å². The number of aromatic nitrogens is 3. The number of nitrogens with zero attached hydrogens (tertiary/aromatic N) is 5. The topological polar surface area (TPSA) is 563 Å². The zero-order chi connectivity index (χ0) is 110. The molecule has 0 aliphatic rings. The smallest absolute Gasteiger partial charge is 0.413 e. The monoisotopic (exact) mass is 2150 g/mol. The summed E-state index contributed by atoms with van der Waals surface area (Å²) < 4.78 is 57.7. The molecule has 0 aliphatic heterocycles. The predicted molar refractivity (Wildman–Crippen MR) is 583 cm³/mol. The summed E-state index contributed by atoms with van der Waals surface area (Å²) in [4.78, 5) is 153. The van der Waals surface area contributed by atoms with E-state index in [0.717, 1.165) is 37.8 Å². The van der Waals surface area contributed by atoms with Gasteiger partial charge in [0.15, 0.2) is 25.6 Å². The van der Waals surface area contributed by atoms with Crippen LogP contribution in [0.5, 0.6) is 0 Å². The minimum atomic E-state index is -1.25. The minimum Gasteiger partial charge on any atom is -0.465 e. The second kappa shape index (κ2) is 69.7. The molecule has 0 fully saturated rings. The molecule has 0 aliphatic carbocycles. The number of unbranched alkanes of at least 4 members (excludes halogenated alkanes) is 1. The Morgan fingerprint density at radius 1 is 0.490 bits per heavy atom. The van der Waals surface area contributed by atoms with Gasteiger partial charge in [0.25, 0.3) is 0 Å². The van der Waals surface area contributed by atoms with Gasteiger partial charge in [-0.2, -0.15) is 0 Å². The molecule has 18 N–H and O–H groups in total. The van der Waals surface area contributed by atoms with Gasteiger partial charge in [-0.05, 0) is 246 Å². The number of anilines is 6. The van der Waals surface area contributed by atoms with E-state index in [-0.39, 0.29) is 92.6 Å². The number of ether oxygens (including phenoxy) is 8. The first kappa shape index (κ1) is 126. The number of methoxy groups -OCH3 is 4. The summed E-state index contributed by atoms with van der Waals surface area (Å²) in [5.74, 6) is -0.427. The van der Waals surface area contributed by atoms with E-state index < -0.39 is 72.8 Å². The first-order chi connectivity index (χ1) is 69.9. The number of hydrogen-bond donors (Lipinski definition) is 18. The van der Waals surface area contributed by atoms with Gasteiger partial charge in [-0.1, -0.05) is 126 Å². The third kappa shape index (κ3) is 51.2.